The number of benzene rings is 2. The first-order valence-electron chi connectivity index (χ1n) is 8.96. The molecule has 0 bridgehead atoms. The lowest BCUT2D eigenvalue weighted by Crippen LogP contribution is -2.49. The lowest BCUT2D eigenvalue weighted by atomic mass is 9.98. The molecule has 0 spiro atoms. The third kappa shape index (κ3) is 3.78. The van der Waals surface area contributed by atoms with Crippen LogP contribution >= 0.6 is 0 Å². The van der Waals surface area contributed by atoms with E-state index < -0.39 is 0 Å². The van der Waals surface area contributed by atoms with Crippen LogP contribution in [0.2, 0.25) is 0 Å². The average Bonchev–Trinajstić information content (AvgIpc) is 2.67. The minimum Gasteiger partial charge on any atom is -0.327 e. The summed E-state index contributed by atoms with van der Waals surface area (Å²) in [5.41, 5.74) is 2.23. The second-order valence-corrected chi connectivity index (χ2v) is 6.46. The maximum Gasteiger partial charge on any atom is 0.318 e. The van der Waals surface area contributed by atoms with Gasteiger partial charge in [0.1, 0.15) is 0 Å². The van der Waals surface area contributed by atoms with Crippen LogP contribution in [0, 0.1) is 0 Å². The van der Waals surface area contributed by atoms with E-state index in [0.29, 0.717) is 6.04 Å². The van der Waals surface area contributed by atoms with E-state index in [-0.39, 0.29) is 12.1 Å². The summed E-state index contributed by atoms with van der Waals surface area (Å²) in [5.74, 6) is 0. The molecule has 3 heteroatoms. The molecule has 126 valence electrons. The molecule has 1 aliphatic rings. The average molecular weight is 322 g/mol. The van der Waals surface area contributed by atoms with Gasteiger partial charge in [0.2, 0.25) is 0 Å². The molecule has 0 radical (unpaired) electrons. The van der Waals surface area contributed by atoms with Crippen molar-refractivity contribution in [3.8, 4) is 0 Å². The molecule has 1 aliphatic heterocycles. The van der Waals surface area contributed by atoms with Gasteiger partial charge in [-0.1, -0.05) is 67.6 Å². The molecule has 2 aromatic rings. The fourth-order valence-corrected chi connectivity index (χ4v) is 3.55. The molecule has 2 amide bonds. The molecule has 1 saturated heterocycles. The highest BCUT2D eigenvalue weighted by molar-refractivity contribution is 5.75. The number of likely N-dealkylation sites (tertiary alicyclic amines) is 1. The van der Waals surface area contributed by atoms with Crippen molar-refractivity contribution in [2.45, 2.75) is 44.7 Å². The molecule has 0 aliphatic carbocycles. The smallest absolute Gasteiger partial charge is 0.318 e. The van der Waals surface area contributed by atoms with E-state index in [4.69, 9.17) is 0 Å². The Kier molecular flexibility index (Phi) is 5.52. The minimum absolute atomic E-state index is 0.0549. The van der Waals surface area contributed by atoms with Gasteiger partial charge in [0.05, 0.1) is 6.04 Å². The first-order chi connectivity index (χ1) is 11.8. The minimum atomic E-state index is -0.112. The maximum absolute atomic E-state index is 12.9. The summed E-state index contributed by atoms with van der Waals surface area (Å²) in [6, 6.07) is 20.7. The molecule has 0 aromatic heterocycles. The molecule has 0 saturated carbocycles. The molecule has 3 rings (SSSR count). The molecule has 1 unspecified atom stereocenters. The number of nitrogens with one attached hydrogen (secondary N) is 1. The second-order valence-electron chi connectivity index (χ2n) is 6.46. The van der Waals surface area contributed by atoms with Gasteiger partial charge in [-0.25, -0.2) is 4.79 Å². The predicted molar refractivity (Wildman–Crippen MR) is 97.9 cm³/mol. The van der Waals surface area contributed by atoms with Crippen molar-refractivity contribution >= 4 is 6.03 Å². The largest absolute Gasteiger partial charge is 0.327 e. The Labute approximate surface area is 144 Å². The normalized spacial score (nSPS) is 17.8. The zero-order valence-corrected chi connectivity index (χ0v) is 14.3. The van der Waals surface area contributed by atoms with Crippen LogP contribution in [0.3, 0.4) is 0 Å². The van der Waals surface area contributed by atoms with Gasteiger partial charge >= 0.3 is 6.03 Å². The standard InChI is InChI=1S/C21H26N2O/c1-2-19-15-9-10-16-23(19)21(24)22-20(17-11-5-3-6-12-17)18-13-7-4-8-14-18/h3-8,11-14,19-20H,2,9-10,15-16H2,1H3,(H,22,24). The van der Waals surface area contributed by atoms with Crippen molar-refractivity contribution in [1.29, 1.82) is 0 Å². The molecular weight excluding hydrogens is 296 g/mol. The van der Waals surface area contributed by atoms with Crippen molar-refractivity contribution in [2.75, 3.05) is 6.54 Å². The van der Waals surface area contributed by atoms with Gasteiger partial charge in [0.15, 0.2) is 0 Å². The van der Waals surface area contributed by atoms with E-state index in [0.717, 1.165) is 36.9 Å². The van der Waals surface area contributed by atoms with Crippen LogP contribution in [-0.2, 0) is 0 Å². The number of nitrogens with zero attached hydrogens (tertiary/aromatic N) is 1. The molecule has 2 aromatic carbocycles. The summed E-state index contributed by atoms with van der Waals surface area (Å²) in [6.45, 7) is 3.03. The number of hydrogen-bond acceptors (Lipinski definition) is 1. The first kappa shape index (κ1) is 16.6. The summed E-state index contributed by atoms with van der Waals surface area (Å²) >= 11 is 0. The van der Waals surface area contributed by atoms with Gasteiger partial charge in [0.25, 0.3) is 0 Å². The molecule has 1 fully saturated rings. The van der Waals surface area contributed by atoms with Crippen LogP contribution < -0.4 is 5.32 Å². The van der Waals surface area contributed by atoms with Gasteiger partial charge in [-0.15, -0.1) is 0 Å². The maximum atomic E-state index is 12.9. The number of urea groups is 1. The third-order valence-corrected chi connectivity index (χ3v) is 4.89. The number of amides is 2. The fourth-order valence-electron chi connectivity index (χ4n) is 3.55. The summed E-state index contributed by atoms with van der Waals surface area (Å²) in [7, 11) is 0. The second kappa shape index (κ2) is 8.00. The van der Waals surface area contributed by atoms with Gasteiger partial charge in [-0.3, -0.25) is 0 Å². The van der Waals surface area contributed by atoms with Crippen molar-refractivity contribution in [1.82, 2.24) is 10.2 Å². The zero-order chi connectivity index (χ0) is 16.8. The van der Waals surface area contributed by atoms with Crippen LogP contribution in [0.4, 0.5) is 4.79 Å². The van der Waals surface area contributed by atoms with E-state index in [1.165, 1.54) is 6.42 Å². The van der Waals surface area contributed by atoms with Gasteiger partial charge in [0, 0.05) is 12.6 Å². The Balaban J connectivity index is 1.83. The Morgan fingerprint density at radius 3 is 2.17 bits per heavy atom. The highest BCUT2D eigenvalue weighted by Crippen LogP contribution is 2.24. The molecule has 3 nitrogen and oxygen atoms in total. The summed E-state index contributed by atoms with van der Waals surface area (Å²) in [4.78, 5) is 15.0. The van der Waals surface area contributed by atoms with Crippen molar-refractivity contribution in [3.63, 3.8) is 0 Å². The van der Waals surface area contributed by atoms with E-state index >= 15 is 0 Å². The van der Waals surface area contributed by atoms with Crippen molar-refractivity contribution in [3.05, 3.63) is 71.8 Å². The quantitative estimate of drug-likeness (QED) is 0.865. The Bertz CT molecular complexity index is 602. The van der Waals surface area contributed by atoms with E-state index in [9.17, 15) is 4.79 Å². The highest BCUT2D eigenvalue weighted by atomic mass is 16.2. The monoisotopic (exact) mass is 322 g/mol. The summed E-state index contributed by atoms with van der Waals surface area (Å²) in [5, 5.41) is 3.27. The van der Waals surface area contributed by atoms with Crippen LogP contribution in [-0.4, -0.2) is 23.5 Å². The van der Waals surface area contributed by atoms with Crippen LogP contribution in [0.5, 0.6) is 0 Å². The van der Waals surface area contributed by atoms with Gasteiger partial charge in [-0.2, -0.15) is 0 Å². The number of piperidine rings is 1. The zero-order valence-electron chi connectivity index (χ0n) is 14.3. The number of carbonyl (C=O) groups is 1. The van der Waals surface area contributed by atoms with Gasteiger partial charge < -0.3 is 10.2 Å². The molecular formula is C21H26N2O. The van der Waals surface area contributed by atoms with Gasteiger partial charge in [-0.05, 0) is 36.8 Å². The fraction of sp³-hybridized carbons (Fsp3) is 0.381. The lowest BCUT2D eigenvalue weighted by molar-refractivity contribution is 0.147. The molecule has 24 heavy (non-hydrogen) atoms. The molecule has 1 atom stereocenters. The van der Waals surface area contributed by atoms with E-state index in [1.54, 1.807) is 0 Å². The Morgan fingerprint density at radius 1 is 1.04 bits per heavy atom. The first-order valence-corrected chi connectivity index (χ1v) is 8.96. The van der Waals surface area contributed by atoms with Crippen LogP contribution in [0.25, 0.3) is 0 Å². The van der Waals surface area contributed by atoms with Crippen molar-refractivity contribution < 1.29 is 4.79 Å². The Hall–Kier alpha value is -2.29. The number of hydrogen-bond donors (Lipinski definition) is 1. The summed E-state index contributed by atoms with van der Waals surface area (Å²) < 4.78 is 0. The lowest BCUT2D eigenvalue weighted by Gasteiger charge is -2.36. The summed E-state index contributed by atoms with van der Waals surface area (Å²) in [6.07, 6.45) is 4.47. The number of carbonyl (C=O) groups excluding carboxylic acids is 1. The topological polar surface area (TPSA) is 32.3 Å². The third-order valence-electron chi connectivity index (χ3n) is 4.89. The van der Waals surface area contributed by atoms with Crippen LogP contribution in [0.1, 0.15) is 49.8 Å². The predicted octanol–water partition coefficient (Wildman–Crippen LogP) is 4.75. The van der Waals surface area contributed by atoms with E-state index in [2.05, 4.69) is 36.5 Å². The molecule has 1 N–H and O–H groups in total. The van der Waals surface area contributed by atoms with Crippen LogP contribution in [0.15, 0.2) is 60.7 Å². The number of rotatable bonds is 4. The van der Waals surface area contributed by atoms with E-state index in [1.807, 2.05) is 41.3 Å². The highest BCUT2D eigenvalue weighted by Gasteiger charge is 2.27. The molecule has 1 heterocycles. The van der Waals surface area contributed by atoms with Crippen molar-refractivity contribution in [2.24, 2.45) is 0 Å². The Morgan fingerprint density at radius 2 is 1.62 bits per heavy atom. The SMILES string of the molecule is CCC1CCCCN1C(=O)NC(c1ccccc1)c1ccccc1.